The lowest BCUT2D eigenvalue weighted by molar-refractivity contribution is 0.0831. The second-order valence-corrected chi connectivity index (χ2v) is 7.30. The summed E-state index contributed by atoms with van der Waals surface area (Å²) in [6, 6.07) is 11.8. The molecule has 108 valence electrons. The molecule has 1 aromatic rings. The zero-order chi connectivity index (χ0) is 13.6. The summed E-state index contributed by atoms with van der Waals surface area (Å²) in [4.78, 5) is 2.89. The standard InChI is InChI=1S/C19H27N/c1-15(16-8-4-2-5-9-16)20-13-12-18-14-19(18,20)17-10-6-3-7-11-17/h2,4-5,8-9,15,17-18H,3,6-7,10-14H2,1H3/t15-,18+,19+/m1/s1. The van der Waals surface area contributed by atoms with Gasteiger partial charge in [-0.05, 0) is 56.6 Å². The van der Waals surface area contributed by atoms with Crippen LogP contribution in [-0.4, -0.2) is 17.0 Å². The molecule has 2 saturated carbocycles. The van der Waals surface area contributed by atoms with Crippen LogP contribution in [0.3, 0.4) is 0 Å². The summed E-state index contributed by atoms with van der Waals surface area (Å²) in [5.41, 5.74) is 2.12. The van der Waals surface area contributed by atoms with E-state index in [-0.39, 0.29) is 0 Å². The topological polar surface area (TPSA) is 3.24 Å². The van der Waals surface area contributed by atoms with Crippen molar-refractivity contribution in [3.8, 4) is 0 Å². The molecule has 0 aromatic heterocycles. The van der Waals surface area contributed by atoms with Crippen molar-refractivity contribution in [2.45, 2.75) is 63.5 Å². The highest BCUT2D eigenvalue weighted by Gasteiger charge is 2.65. The van der Waals surface area contributed by atoms with E-state index in [1.54, 1.807) is 0 Å². The first-order valence-corrected chi connectivity index (χ1v) is 8.64. The van der Waals surface area contributed by atoms with Crippen molar-refractivity contribution >= 4 is 0 Å². The van der Waals surface area contributed by atoms with Crippen LogP contribution in [0.2, 0.25) is 0 Å². The predicted octanol–water partition coefficient (Wildman–Crippen LogP) is 4.79. The Bertz CT molecular complexity index is 462. The van der Waals surface area contributed by atoms with E-state index < -0.39 is 0 Å². The van der Waals surface area contributed by atoms with E-state index in [1.165, 1.54) is 57.1 Å². The highest BCUT2D eigenvalue weighted by atomic mass is 15.3. The average Bonchev–Trinajstić information content (AvgIpc) is 3.15. The van der Waals surface area contributed by atoms with Gasteiger partial charge in [-0.3, -0.25) is 4.90 Å². The minimum atomic E-state index is 0.602. The molecule has 1 aliphatic heterocycles. The molecule has 0 bridgehead atoms. The van der Waals surface area contributed by atoms with Gasteiger partial charge in [0.15, 0.2) is 0 Å². The van der Waals surface area contributed by atoms with Crippen molar-refractivity contribution in [3.63, 3.8) is 0 Å². The Labute approximate surface area is 123 Å². The fourth-order valence-electron chi connectivity index (χ4n) is 5.35. The molecule has 0 radical (unpaired) electrons. The number of piperidine rings is 1. The molecule has 4 rings (SSSR count). The third-order valence-corrected chi connectivity index (χ3v) is 6.44. The quantitative estimate of drug-likeness (QED) is 0.762. The summed E-state index contributed by atoms with van der Waals surface area (Å²) in [7, 11) is 0. The minimum Gasteiger partial charge on any atom is -0.290 e. The number of benzene rings is 1. The highest BCUT2D eigenvalue weighted by molar-refractivity contribution is 5.25. The molecule has 1 heterocycles. The number of nitrogens with zero attached hydrogens (tertiary/aromatic N) is 1. The molecule has 2 aliphatic carbocycles. The van der Waals surface area contributed by atoms with E-state index in [1.807, 2.05) is 0 Å². The first kappa shape index (κ1) is 12.9. The van der Waals surface area contributed by atoms with Crippen LogP contribution in [0.4, 0.5) is 0 Å². The Kier molecular flexibility index (Phi) is 3.14. The van der Waals surface area contributed by atoms with Crippen LogP contribution < -0.4 is 0 Å². The van der Waals surface area contributed by atoms with Gasteiger partial charge in [-0.15, -0.1) is 0 Å². The molecular formula is C19H27N. The summed E-state index contributed by atoms with van der Waals surface area (Å²) in [6.07, 6.45) is 10.4. The van der Waals surface area contributed by atoms with Gasteiger partial charge in [0.2, 0.25) is 0 Å². The van der Waals surface area contributed by atoms with Gasteiger partial charge in [-0.1, -0.05) is 49.6 Å². The lowest BCUT2D eigenvalue weighted by Crippen LogP contribution is -2.43. The molecule has 1 nitrogen and oxygen atoms in total. The summed E-state index contributed by atoms with van der Waals surface area (Å²) in [5, 5.41) is 0. The molecule has 1 heteroatoms. The van der Waals surface area contributed by atoms with Crippen LogP contribution in [-0.2, 0) is 0 Å². The first-order valence-electron chi connectivity index (χ1n) is 8.64. The van der Waals surface area contributed by atoms with Crippen molar-refractivity contribution in [1.82, 2.24) is 4.90 Å². The number of hydrogen-bond acceptors (Lipinski definition) is 1. The Morgan fingerprint density at radius 2 is 1.75 bits per heavy atom. The number of hydrogen-bond donors (Lipinski definition) is 0. The number of likely N-dealkylation sites (tertiary alicyclic amines) is 1. The summed E-state index contributed by atoms with van der Waals surface area (Å²) in [5.74, 6) is 2.02. The summed E-state index contributed by atoms with van der Waals surface area (Å²) in [6.45, 7) is 3.76. The SMILES string of the molecule is C[C@H](c1ccccc1)N1CC[C@H]2C[C@]21C1CCCCC1. The van der Waals surface area contributed by atoms with E-state index in [9.17, 15) is 0 Å². The Morgan fingerprint density at radius 3 is 2.45 bits per heavy atom. The normalized spacial score (nSPS) is 35.8. The second kappa shape index (κ2) is 4.87. The van der Waals surface area contributed by atoms with E-state index in [0.29, 0.717) is 11.6 Å². The van der Waals surface area contributed by atoms with Gasteiger partial charge in [0.25, 0.3) is 0 Å². The maximum Gasteiger partial charge on any atom is 0.0325 e. The molecule has 0 amide bonds. The van der Waals surface area contributed by atoms with Crippen molar-refractivity contribution < 1.29 is 0 Å². The minimum absolute atomic E-state index is 0.602. The van der Waals surface area contributed by atoms with Gasteiger partial charge >= 0.3 is 0 Å². The molecule has 3 atom stereocenters. The van der Waals surface area contributed by atoms with Gasteiger partial charge < -0.3 is 0 Å². The predicted molar refractivity (Wildman–Crippen MR) is 83.6 cm³/mol. The van der Waals surface area contributed by atoms with Crippen LogP contribution in [0.5, 0.6) is 0 Å². The van der Waals surface area contributed by atoms with Gasteiger partial charge in [-0.25, -0.2) is 0 Å². The fraction of sp³-hybridized carbons (Fsp3) is 0.684. The fourth-order valence-corrected chi connectivity index (χ4v) is 5.35. The Hall–Kier alpha value is -0.820. The highest BCUT2D eigenvalue weighted by Crippen LogP contribution is 2.64. The van der Waals surface area contributed by atoms with Crippen LogP contribution in [0, 0.1) is 11.8 Å². The van der Waals surface area contributed by atoms with Crippen LogP contribution in [0.1, 0.15) is 63.5 Å². The lowest BCUT2D eigenvalue weighted by Gasteiger charge is -2.41. The molecule has 1 aromatic carbocycles. The molecule has 0 unspecified atom stereocenters. The third-order valence-electron chi connectivity index (χ3n) is 6.44. The van der Waals surface area contributed by atoms with Crippen LogP contribution >= 0.6 is 0 Å². The monoisotopic (exact) mass is 269 g/mol. The molecule has 1 saturated heterocycles. The first-order chi connectivity index (χ1) is 9.82. The van der Waals surface area contributed by atoms with Gasteiger partial charge in [0.1, 0.15) is 0 Å². The molecule has 0 spiro atoms. The summed E-state index contributed by atoms with van der Waals surface area (Å²) < 4.78 is 0. The van der Waals surface area contributed by atoms with Crippen LogP contribution in [0.15, 0.2) is 30.3 Å². The molecule has 0 N–H and O–H groups in total. The van der Waals surface area contributed by atoms with Gasteiger partial charge in [-0.2, -0.15) is 0 Å². The molecule has 3 aliphatic rings. The summed E-state index contributed by atoms with van der Waals surface area (Å²) >= 11 is 0. The number of fused-ring (bicyclic) bond motifs is 1. The van der Waals surface area contributed by atoms with Crippen molar-refractivity contribution in [2.24, 2.45) is 11.8 Å². The van der Waals surface area contributed by atoms with Gasteiger partial charge in [0.05, 0.1) is 0 Å². The lowest BCUT2D eigenvalue weighted by atomic mass is 9.80. The van der Waals surface area contributed by atoms with Crippen molar-refractivity contribution in [3.05, 3.63) is 35.9 Å². The van der Waals surface area contributed by atoms with E-state index in [4.69, 9.17) is 0 Å². The van der Waals surface area contributed by atoms with Gasteiger partial charge in [0, 0.05) is 11.6 Å². The second-order valence-electron chi connectivity index (χ2n) is 7.30. The van der Waals surface area contributed by atoms with E-state index in [0.717, 1.165) is 11.8 Å². The van der Waals surface area contributed by atoms with E-state index >= 15 is 0 Å². The number of rotatable bonds is 3. The Morgan fingerprint density at radius 1 is 1.00 bits per heavy atom. The maximum absolute atomic E-state index is 2.89. The molecule has 20 heavy (non-hydrogen) atoms. The smallest absolute Gasteiger partial charge is 0.0325 e. The van der Waals surface area contributed by atoms with Crippen LogP contribution in [0.25, 0.3) is 0 Å². The largest absolute Gasteiger partial charge is 0.290 e. The third kappa shape index (κ3) is 1.86. The van der Waals surface area contributed by atoms with Crippen molar-refractivity contribution in [1.29, 1.82) is 0 Å². The molecule has 3 fully saturated rings. The Balaban J connectivity index is 1.58. The molecular weight excluding hydrogens is 242 g/mol. The zero-order valence-corrected chi connectivity index (χ0v) is 12.7. The maximum atomic E-state index is 2.89. The average molecular weight is 269 g/mol. The zero-order valence-electron chi connectivity index (χ0n) is 12.7. The van der Waals surface area contributed by atoms with Crippen molar-refractivity contribution in [2.75, 3.05) is 6.54 Å². The van der Waals surface area contributed by atoms with E-state index in [2.05, 4.69) is 42.2 Å².